The Bertz CT molecular complexity index is 445. The van der Waals surface area contributed by atoms with E-state index >= 15 is 0 Å². The van der Waals surface area contributed by atoms with E-state index in [0.29, 0.717) is 11.2 Å². The molecule has 0 atom stereocenters. The largest absolute Gasteiger partial charge is 0.480 e. The molecule has 2 aliphatic rings. The molecule has 0 saturated heterocycles. The molecule has 2 fully saturated rings. The number of rotatable bonds is 4. The predicted octanol–water partition coefficient (Wildman–Crippen LogP) is 4.06. The number of carbonyl (C=O) groups is 1. The summed E-state index contributed by atoms with van der Waals surface area (Å²) in [5.41, 5.74) is 1.30. The average molecular weight is 276 g/mol. The molecule has 19 heavy (non-hydrogen) atoms. The van der Waals surface area contributed by atoms with Crippen molar-refractivity contribution in [2.45, 2.75) is 54.4 Å². The topological polar surface area (TPSA) is 37.3 Å². The first-order valence-electron chi connectivity index (χ1n) is 7.16. The highest BCUT2D eigenvalue weighted by atomic mass is 32.2. The van der Waals surface area contributed by atoms with Gasteiger partial charge in [-0.1, -0.05) is 43.2 Å². The maximum Gasteiger partial charge on any atom is 0.319 e. The van der Waals surface area contributed by atoms with Crippen LogP contribution in [-0.4, -0.2) is 21.1 Å². The predicted molar refractivity (Wildman–Crippen MR) is 78.6 cm³/mol. The van der Waals surface area contributed by atoms with Crippen molar-refractivity contribution in [1.82, 2.24) is 0 Å². The maximum atomic E-state index is 11.6. The first-order chi connectivity index (χ1) is 9.20. The highest BCUT2D eigenvalue weighted by Crippen LogP contribution is 2.55. The Balaban J connectivity index is 1.67. The van der Waals surface area contributed by atoms with Gasteiger partial charge in [0.1, 0.15) is 4.75 Å². The van der Waals surface area contributed by atoms with Crippen LogP contribution in [0, 0.1) is 0 Å². The molecule has 0 spiro atoms. The van der Waals surface area contributed by atoms with Gasteiger partial charge in [-0.3, -0.25) is 4.79 Å². The zero-order valence-electron chi connectivity index (χ0n) is 11.0. The van der Waals surface area contributed by atoms with Crippen LogP contribution < -0.4 is 0 Å². The van der Waals surface area contributed by atoms with Gasteiger partial charge in [0.25, 0.3) is 0 Å². The van der Waals surface area contributed by atoms with Crippen molar-refractivity contribution >= 4 is 17.7 Å². The Morgan fingerprint density at radius 2 is 1.79 bits per heavy atom. The fourth-order valence-electron chi connectivity index (χ4n) is 3.34. The highest BCUT2D eigenvalue weighted by molar-refractivity contribution is 8.02. The molecule has 0 bridgehead atoms. The van der Waals surface area contributed by atoms with Crippen molar-refractivity contribution in [2.24, 2.45) is 0 Å². The van der Waals surface area contributed by atoms with Gasteiger partial charge in [0.05, 0.1) is 0 Å². The minimum Gasteiger partial charge on any atom is -0.480 e. The number of aliphatic carboxylic acids is 1. The van der Waals surface area contributed by atoms with Gasteiger partial charge in [-0.25, -0.2) is 0 Å². The van der Waals surface area contributed by atoms with E-state index < -0.39 is 10.7 Å². The lowest BCUT2D eigenvalue weighted by Gasteiger charge is -2.45. The molecule has 0 amide bonds. The summed E-state index contributed by atoms with van der Waals surface area (Å²) >= 11 is 1.75. The summed E-state index contributed by atoms with van der Waals surface area (Å²) in [5, 5.41) is 10.2. The third-order valence-electron chi connectivity index (χ3n) is 4.51. The molecule has 3 heteroatoms. The summed E-state index contributed by atoms with van der Waals surface area (Å²) in [6.45, 7) is 0. The van der Waals surface area contributed by atoms with E-state index in [-0.39, 0.29) is 0 Å². The second-order valence-corrected chi connectivity index (χ2v) is 7.52. The number of carboxylic acids is 1. The molecule has 3 rings (SSSR count). The summed E-state index contributed by atoms with van der Waals surface area (Å²) in [4.78, 5) is 11.6. The van der Waals surface area contributed by atoms with Crippen LogP contribution in [0.3, 0.4) is 0 Å². The van der Waals surface area contributed by atoms with Crippen molar-refractivity contribution in [3.63, 3.8) is 0 Å². The molecule has 102 valence electrons. The quantitative estimate of drug-likeness (QED) is 0.901. The van der Waals surface area contributed by atoms with E-state index in [2.05, 4.69) is 12.1 Å². The van der Waals surface area contributed by atoms with Crippen LogP contribution in [-0.2, 0) is 4.79 Å². The zero-order valence-corrected chi connectivity index (χ0v) is 11.9. The first kappa shape index (κ1) is 13.0. The molecule has 1 N–H and O–H groups in total. The fourth-order valence-corrected chi connectivity index (χ4v) is 5.25. The zero-order chi connectivity index (χ0) is 13.3. The normalized spacial score (nSPS) is 31.1. The van der Waals surface area contributed by atoms with Crippen molar-refractivity contribution in [1.29, 1.82) is 0 Å². The number of benzene rings is 1. The number of thioether (sulfide) groups is 1. The standard InChI is InChI=1S/C16H20O2S/c17-15(18)16(19-14-8-4-5-9-14)10-13(11-16)12-6-2-1-3-7-12/h1-3,6-7,13-14H,4-5,8-11H2,(H,17,18). The van der Waals surface area contributed by atoms with Gasteiger partial charge in [-0.15, -0.1) is 11.8 Å². The minimum atomic E-state index is -0.600. The first-order valence-corrected chi connectivity index (χ1v) is 8.04. The van der Waals surface area contributed by atoms with E-state index in [1.54, 1.807) is 11.8 Å². The Kier molecular flexibility index (Phi) is 3.57. The molecule has 1 aromatic carbocycles. The molecular formula is C16H20O2S. The van der Waals surface area contributed by atoms with Gasteiger partial charge < -0.3 is 5.11 Å². The molecule has 2 aliphatic carbocycles. The fraction of sp³-hybridized carbons (Fsp3) is 0.562. The molecule has 0 radical (unpaired) electrons. The second-order valence-electron chi connectivity index (χ2n) is 5.84. The van der Waals surface area contributed by atoms with E-state index in [9.17, 15) is 9.90 Å². The molecule has 2 saturated carbocycles. The Morgan fingerprint density at radius 1 is 1.16 bits per heavy atom. The second kappa shape index (κ2) is 5.20. The van der Waals surface area contributed by atoms with Crippen molar-refractivity contribution < 1.29 is 9.90 Å². The van der Waals surface area contributed by atoms with Crippen LogP contribution in [0.2, 0.25) is 0 Å². The van der Waals surface area contributed by atoms with Gasteiger partial charge >= 0.3 is 5.97 Å². The summed E-state index contributed by atoms with van der Waals surface area (Å²) in [5.74, 6) is -0.164. The lowest BCUT2D eigenvalue weighted by Crippen LogP contribution is -2.47. The number of hydrogen-bond donors (Lipinski definition) is 1. The van der Waals surface area contributed by atoms with Crippen LogP contribution in [0.1, 0.15) is 50.0 Å². The Labute approximate surface area is 118 Å². The van der Waals surface area contributed by atoms with Crippen molar-refractivity contribution in [3.05, 3.63) is 35.9 Å². The third kappa shape index (κ3) is 2.53. The summed E-state index contributed by atoms with van der Waals surface area (Å²) in [6, 6.07) is 10.3. The van der Waals surface area contributed by atoms with Gasteiger partial charge in [-0.05, 0) is 37.2 Å². The van der Waals surface area contributed by atoms with Gasteiger partial charge in [0.15, 0.2) is 0 Å². The maximum absolute atomic E-state index is 11.6. The summed E-state index contributed by atoms with van der Waals surface area (Å²) in [7, 11) is 0. The SMILES string of the molecule is O=C(O)C1(SC2CCCC2)CC(c2ccccc2)C1. The van der Waals surface area contributed by atoms with Gasteiger partial charge in [0, 0.05) is 5.25 Å². The van der Waals surface area contributed by atoms with Crippen molar-refractivity contribution in [2.75, 3.05) is 0 Å². The molecular weight excluding hydrogens is 256 g/mol. The Hall–Kier alpha value is -0.960. The van der Waals surface area contributed by atoms with Crippen LogP contribution in [0.25, 0.3) is 0 Å². The van der Waals surface area contributed by atoms with Crippen LogP contribution in [0.15, 0.2) is 30.3 Å². The molecule has 1 aromatic rings. The molecule has 0 unspecified atom stereocenters. The number of carboxylic acid groups (broad SMARTS) is 1. The van der Waals surface area contributed by atoms with Crippen molar-refractivity contribution in [3.8, 4) is 0 Å². The van der Waals surface area contributed by atoms with Gasteiger partial charge in [0.2, 0.25) is 0 Å². The molecule has 0 aromatic heterocycles. The lowest BCUT2D eigenvalue weighted by atomic mass is 9.70. The highest BCUT2D eigenvalue weighted by Gasteiger charge is 2.52. The molecule has 2 nitrogen and oxygen atoms in total. The lowest BCUT2D eigenvalue weighted by molar-refractivity contribution is -0.142. The third-order valence-corrected chi connectivity index (χ3v) is 6.27. The van der Waals surface area contributed by atoms with Crippen LogP contribution in [0.4, 0.5) is 0 Å². The Morgan fingerprint density at radius 3 is 2.37 bits per heavy atom. The van der Waals surface area contributed by atoms with E-state index in [4.69, 9.17) is 0 Å². The summed E-state index contributed by atoms with van der Waals surface area (Å²) in [6.07, 6.45) is 6.55. The average Bonchev–Trinajstić information content (AvgIpc) is 2.86. The van der Waals surface area contributed by atoms with Gasteiger partial charge in [-0.2, -0.15) is 0 Å². The molecule has 0 heterocycles. The monoisotopic (exact) mass is 276 g/mol. The van der Waals surface area contributed by atoms with E-state index in [1.165, 1.54) is 31.2 Å². The molecule has 0 aliphatic heterocycles. The smallest absolute Gasteiger partial charge is 0.319 e. The van der Waals surface area contributed by atoms with E-state index in [1.807, 2.05) is 18.2 Å². The van der Waals surface area contributed by atoms with Crippen LogP contribution in [0.5, 0.6) is 0 Å². The minimum absolute atomic E-state index is 0.436. The van der Waals surface area contributed by atoms with Crippen LogP contribution >= 0.6 is 11.8 Å². The van der Waals surface area contributed by atoms with E-state index in [0.717, 1.165) is 12.8 Å². The number of hydrogen-bond acceptors (Lipinski definition) is 2. The summed E-state index contributed by atoms with van der Waals surface area (Å²) < 4.78 is -0.504.